The van der Waals surface area contributed by atoms with Gasteiger partial charge >= 0.3 is 0 Å². The second-order valence-corrected chi connectivity index (χ2v) is 12.7. The van der Waals surface area contributed by atoms with Crippen molar-refractivity contribution in [1.29, 1.82) is 0 Å². The van der Waals surface area contributed by atoms with Crippen LogP contribution in [0.3, 0.4) is 0 Å². The highest BCUT2D eigenvalue weighted by Crippen LogP contribution is 2.46. The van der Waals surface area contributed by atoms with E-state index in [2.05, 4.69) is 0 Å². The van der Waals surface area contributed by atoms with E-state index in [-0.39, 0.29) is 23.4 Å². The van der Waals surface area contributed by atoms with Crippen molar-refractivity contribution in [3.05, 3.63) is 81.5 Å². The number of hydrogen-bond donors (Lipinski definition) is 8. The molecule has 2 aliphatic heterocycles. The second-order valence-electron chi connectivity index (χ2n) is 11.5. The van der Waals surface area contributed by atoms with E-state index in [0.717, 1.165) is 15.3 Å². The SMILES string of the molecule is COC1(c2cc(Cc3ccc(-c4ccc(F)cc4)s3)c(C)c(C3(OC)O[C@H](CO)[C@@H](O)[C@H](O)[C@H]3O)c2)O[C@H](CO)[C@@H](O)[C@H](O)[C@H]1O. The minimum atomic E-state index is -2.17. The van der Waals surface area contributed by atoms with Crippen molar-refractivity contribution in [3.63, 3.8) is 0 Å². The van der Waals surface area contributed by atoms with E-state index in [1.54, 1.807) is 25.1 Å². The quantitative estimate of drug-likeness (QED) is 0.152. The zero-order chi connectivity index (χ0) is 33.6. The number of thiophene rings is 1. The molecule has 0 spiro atoms. The summed E-state index contributed by atoms with van der Waals surface area (Å²) in [7, 11) is 2.41. The van der Waals surface area contributed by atoms with Gasteiger partial charge in [0.1, 0.15) is 54.6 Å². The molecule has 2 unspecified atom stereocenters. The highest BCUT2D eigenvalue weighted by molar-refractivity contribution is 7.15. The molecule has 12 nitrogen and oxygen atoms in total. The Labute approximate surface area is 268 Å². The molecule has 3 heterocycles. The van der Waals surface area contributed by atoms with Gasteiger partial charge in [0, 0.05) is 41.5 Å². The summed E-state index contributed by atoms with van der Waals surface area (Å²) in [5.74, 6) is -4.69. The number of aliphatic hydroxyl groups is 8. The summed E-state index contributed by atoms with van der Waals surface area (Å²) < 4.78 is 36.9. The summed E-state index contributed by atoms with van der Waals surface area (Å²) in [5.41, 5.74) is 2.07. The predicted molar refractivity (Wildman–Crippen MR) is 161 cm³/mol. The average molecular weight is 667 g/mol. The Morgan fingerprint density at radius 2 is 1.30 bits per heavy atom. The fourth-order valence-corrected chi connectivity index (χ4v) is 7.30. The summed E-state index contributed by atoms with van der Waals surface area (Å²) in [6.45, 7) is 0.252. The third-order valence-corrected chi connectivity index (χ3v) is 10.1. The van der Waals surface area contributed by atoms with E-state index in [9.17, 15) is 45.2 Å². The Bertz CT molecular complexity index is 1500. The van der Waals surface area contributed by atoms with Gasteiger partial charge in [0.05, 0.1) is 13.2 Å². The number of hydrogen-bond acceptors (Lipinski definition) is 13. The highest BCUT2D eigenvalue weighted by Gasteiger charge is 2.58. The van der Waals surface area contributed by atoms with Gasteiger partial charge in [-0.05, 0) is 60.0 Å². The van der Waals surface area contributed by atoms with Gasteiger partial charge in [0.25, 0.3) is 0 Å². The first-order valence-electron chi connectivity index (χ1n) is 14.6. The van der Waals surface area contributed by atoms with Crippen molar-refractivity contribution in [2.75, 3.05) is 27.4 Å². The lowest BCUT2D eigenvalue weighted by Gasteiger charge is -2.50. The van der Waals surface area contributed by atoms with Crippen molar-refractivity contribution in [3.8, 4) is 10.4 Å². The highest BCUT2D eigenvalue weighted by atomic mass is 32.1. The third kappa shape index (κ3) is 5.81. The van der Waals surface area contributed by atoms with E-state index in [0.29, 0.717) is 11.1 Å². The molecule has 0 amide bonds. The summed E-state index contributed by atoms with van der Waals surface area (Å²) in [4.78, 5) is 1.72. The lowest BCUT2D eigenvalue weighted by Crippen LogP contribution is -2.65. The zero-order valence-corrected chi connectivity index (χ0v) is 26.2. The van der Waals surface area contributed by atoms with Gasteiger partial charge in [-0.1, -0.05) is 12.1 Å². The number of methoxy groups -OCH3 is 2. The topological polar surface area (TPSA) is 199 Å². The predicted octanol–water partition coefficient (Wildman–Crippen LogP) is -0.000580. The van der Waals surface area contributed by atoms with E-state index in [4.69, 9.17) is 18.9 Å². The maximum absolute atomic E-state index is 13.5. The molecule has 2 fully saturated rings. The Morgan fingerprint density at radius 3 is 1.85 bits per heavy atom. The van der Waals surface area contributed by atoms with Crippen molar-refractivity contribution >= 4 is 11.3 Å². The van der Waals surface area contributed by atoms with Gasteiger partial charge in [-0.3, -0.25) is 0 Å². The zero-order valence-electron chi connectivity index (χ0n) is 25.4. The van der Waals surface area contributed by atoms with Crippen LogP contribution < -0.4 is 0 Å². The normalized spacial score (nSPS) is 35.0. The lowest BCUT2D eigenvalue weighted by atomic mass is 9.80. The first kappa shape index (κ1) is 34.9. The molecule has 0 radical (unpaired) electrons. The van der Waals surface area contributed by atoms with Crippen molar-refractivity contribution < 1.29 is 64.2 Å². The Kier molecular flexibility index (Phi) is 10.3. The van der Waals surface area contributed by atoms with Crippen LogP contribution in [0.25, 0.3) is 10.4 Å². The Hall–Kier alpha value is -2.41. The van der Waals surface area contributed by atoms with Crippen LogP contribution in [0.1, 0.15) is 27.1 Å². The maximum Gasteiger partial charge on any atom is 0.225 e. The molecule has 0 bridgehead atoms. The average Bonchev–Trinajstić information content (AvgIpc) is 3.53. The van der Waals surface area contributed by atoms with Crippen molar-refractivity contribution in [1.82, 2.24) is 0 Å². The number of halogens is 1. The molecule has 10 atom stereocenters. The lowest BCUT2D eigenvalue weighted by molar-refractivity contribution is -0.369. The largest absolute Gasteiger partial charge is 0.394 e. The van der Waals surface area contributed by atoms with Gasteiger partial charge in [0.2, 0.25) is 11.6 Å². The van der Waals surface area contributed by atoms with Crippen LogP contribution >= 0.6 is 11.3 Å². The minimum Gasteiger partial charge on any atom is -0.394 e. The molecule has 2 aromatic carbocycles. The van der Waals surface area contributed by atoms with Crippen LogP contribution in [0, 0.1) is 12.7 Å². The smallest absolute Gasteiger partial charge is 0.225 e. The molecular weight excluding hydrogens is 627 g/mol. The molecule has 5 rings (SSSR count). The molecule has 2 aliphatic rings. The van der Waals surface area contributed by atoms with Crippen LogP contribution in [0.5, 0.6) is 0 Å². The molecule has 14 heteroatoms. The fourth-order valence-electron chi connectivity index (χ4n) is 6.26. The number of benzene rings is 2. The Morgan fingerprint density at radius 1 is 0.761 bits per heavy atom. The molecule has 0 saturated carbocycles. The van der Waals surface area contributed by atoms with E-state index in [1.165, 1.54) is 43.8 Å². The van der Waals surface area contributed by atoms with Gasteiger partial charge in [-0.15, -0.1) is 11.3 Å². The van der Waals surface area contributed by atoms with Gasteiger partial charge < -0.3 is 59.8 Å². The number of aliphatic hydroxyl groups excluding tert-OH is 8. The van der Waals surface area contributed by atoms with Gasteiger partial charge in [-0.2, -0.15) is 0 Å². The standard InChI is InChI=1S/C32H39FO12S/c1-15-17(11-20-8-9-24(46-20)16-4-6-19(33)7-5-16)10-18(31(42-2)29(40)27(38)25(36)22(13-34)44-31)12-21(15)32(43-3)30(41)28(39)26(37)23(14-35)45-32/h4-10,12,22-23,25-30,34-41H,11,13-14H2,1-3H3/t22-,23-,25-,26-,27+,28+,29-,30-,31?,32?/m1/s1. The minimum absolute atomic E-state index is 0.0752. The van der Waals surface area contributed by atoms with Crippen LogP contribution in [0.2, 0.25) is 0 Å². The summed E-state index contributed by atoms with van der Waals surface area (Å²) in [5, 5.41) is 85.0. The van der Waals surface area contributed by atoms with E-state index in [1.807, 2.05) is 12.1 Å². The monoisotopic (exact) mass is 666 g/mol. The number of rotatable bonds is 9. The molecule has 252 valence electrons. The van der Waals surface area contributed by atoms with Crippen molar-refractivity contribution in [2.45, 2.75) is 73.8 Å². The summed E-state index contributed by atoms with van der Waals surface area (Å²) in [6.07, 6.45) is -13.2. The molecule has 0 aliphatic carbocycles. The molecule has 46 heavy (non-hydrogen) atoms. The van der Waals surface area contributed by atoms with Gasteiger partial charge in [-0.25, -0.2) is 4.39 Å². The summed E-state index contributed by atoms with van der Waals surface area (Å²) >= 11 is 1.44. The third-order valence-electron chi connectivity index (χ3n) is 8.95. The van der Waals surface area contributed by atoms with Crippen LogP contribution in [-0.4, -0.2) is 117 Å². The maximum atomic E-state index is 13.5. The van der Waals surface area contributed by atoms with Crippen LogP contribution in [0.15, 0.2) is 48.5 Å². The van der Waals surface area contributed by atoms with E-state index < -0.39 is 73.6 Å². The first-order chi connectivity index (χ1) is 21.9. The first-order valence-corrected chi connectivity index (χ1v) is 15.4. The van der Waals surface area contributed by atoms with Crippen LogP contribution in [-0.2, 0) is 36.9 Å². The molecule has 1 aromatic heterocycles. The van der Waals surface area contributed by atoms with Crippen molar-refractivity contribution in [2.24, 2.45) is 0 Å². The molecule has 3 aromatic rings. The molecular formula is C32H39FO12S. The summed E-state index contributed by atoms with van der Waals surface area (Å²) in [6, 6.07) is 12.9. The van der Waals surface area contributed by atoms with E-state index >= 15 is 0 Å². The molecule has 8 N–H and O–H groups in total. The van der Waals surface area contributed by atoms with Crippen LogP contribution in [0.4, 0.5) is 4.39 Å². The fraction of sp³-hybridized carbons (Fsp3) is 0.500. The van der Waals surface area contributed by atoms with Gasteiger partial charge in [0.15, 0.2) is 0 Å². The molecule has 2 saturated heterocycles. The number of ether oxygens (including phenoxy) is 4. The Balaban J connectivity index is 1.69. The second kappa shape index (κ2) is 13.6.